The van der Waals surface area contributed by atoms with Gasteiger partial charge in [-0.3, -0.25) is 4.90 Å². The summed E-state index contributed by atoms with van der Waals surface area (Å²) >= 11 is 1.61. The molecule has 220 valence electrons. The maximum absolute atomic E-state index is 13.5. The maximum atomic E-state index is 13.5. The summed E-state index contributed by atoms with van der Waals surface area (Å²) in [6.07, 6.45) is 2.78. The molecule has 9 heteroatoms. The zero-order valence-corrected chi connectivity index (χ0v) is 25.5. The Morgan fingerprint density at radius 2 is 1.48 bits per heavy atom. The topological polar surface area (TPSA) is 67.1 Å². The lowest BCUT2D eigenvalue weighted by Crippen LogP contribution is -2.39. The second-order valence-corrected chi connectivity index (χ2v) is 13.8. The van der Waals surface area contributed by atoms with Crippen molar-refractivity contribution in [3.8, 4) is 11.3 Å². The average Bonchev–Trinajstić information content (AvgIpc) is 3.44. The number of thiazole rings is 1. The molecule has 0 bridgehead atoms. The van der Waals surface area contributed by atoms with Gasteiger partial charge in [0.25, 0.3) is 0 Å². The average molecular weight is 603 g/mol. The van der Waals surface area contributed by atoms with Gasteiger partial charge in [-0.25, -0.2) is 13.4 Å². The van der Waals surface area contributed by atoms with E-state index in [9.17, 15) is 8.42 Å². The molecule has 3 heterocycles. The first-order chi connectivity index (χ1) is 20.6. The van der Waals surface area contributed by atoms with Crippen molar-refractivity contribution in [1.29, 1.82) is 0 Å². The van der Waals surface area contributed by atoms with Gasteiger partial charge >= 0.3 is 0 Å². The molecule has 3 aromatic carbocycles. The van der Waals surface area contributed by atoms with Crippen LogP contribution < -0.4 is 4.80 Å². The minimum absolute atomic E-state index is 0.358. The first-order valence-electron chi connectivity index (χ1n) is 14.8. The van der Waals surface area contributed by atoms with E-state index in [1.54, 1.807) is 27.8 Å². The zero-order chi connectivity index (χ0) is 28.8. The third-order valence-corrected chi connectivity index (χ3v) is 11.0. The number of sulfonamides is 1. The minimum Gasteiger partial charge on any atom is -0.379 e. The second kappa shape index (κ2) is 13.5. The number of aromatic nitrogens is 1. The molecule has 2 aliphatic heterocycles. The molecule has 0 aliphatic carbocycles. The smallest absolute Gasteiger partial charge is 0.243 e. The molecular weight excluding hydrogens is 565 g/mol. The molecule has 0 spiro atoms. The Balaban J connectivity index is 1.19. The fourth-order valence-corrected chi connectivity index (χ4v) is 8.22. The molecule has 0 saturated carbocycles. The van der Waals surface area contributed by atoms with Gasteiger partial charge in [-0.05, 0) is 60.6 Å². The predicted octanol–water partition coefficient (Wildman–Crippen LogP) is 5.42. The molecule has 42 heavy (non-hydrogen) atoms. The van der Waals surface area contributed by atoms with Gasteiger partial charge in [-0.15, -0.1) is 11.3 Å². The Hall–Kier alpha value is -3.08. The number of morpholine rings is 1. The summed E-state index contributed by atoms with van der Waals surface area (Å²) in [5.74, 6) is 0.517. The Labute approximate surface area is 252 Å². The Kier molecular flexibility index (Phi) is 9.31. The lowest BCUT2D eigenvalue weighted by molar-refractivity contribution is 0.0363. The maximum Gasteiger partial charge on any atom is 0.243 e. The van der Waals surface area contributed by atoms with Crippen LogP contribution in [0.4, 0.5) is 5.69 Å². The molecular formula is C33H38N4O3S2. The Morgan fingerprint density at radius 1 is 0.810 bits per heavy atom. The van der Waals surface area contributed by atoms with Crippen LogP contribution in [0.5, 0.6) is 0 Å². The van der Waals surface area contributed by atoms with Gasteiger partial charge in [0.1, 0.15) is 0 Å². The van der Waals surface area contributed by atoms with E-state index in [1.165, 1.54) is 5.56 Å². The summed E-state index contributed by atoms with van der Waals surface area (Å²) < 4.78 is 36.5. The normalized spacial score (nSPS) is 18.0. The van der Waals surface area contributed by atoms with E-state index in [-0.39, 0.29) is 0 Å². The highest BCUT2D eigenvalue weighted by atomic mass is 32.2. The molecule has 0 amide bonds. The van der Waals surface area contributed by atoms with Gasteiger partial charge in [0.05, 0.1) is 29.5 Å². The SMILES string of the molecule is O=S(=O)(c1ccc(-c2csc(=Nc3ccccc3)n2CCN2CCOCC2)cc1)N1CCC(Cc2ccccc2)CC1. The van der Waals surface area contributed by atoms with E-state index < -0.39 is 10.0 Å². The van der Waals surface area contributed by atoms with Gasteiger partial charge in [-0.1, -0.05) is 60.7 Å². The van der Waals surface area contributed by atoms with Crippen molar-refractivity contribution in [2.75, 3.05) is 45.9 Å². The van der Waals surface area contributed by atoms with Crippen LogP contribution in [0.15, 0.2) is 100 Å². The number of ether oxygens (including phenoxy) is 1. The van der Waals surface area contributed by atoms with Crippen LogP contribution in [-0.4, -0.2) is 68.1 Å². The molecule has 2 fully saturated rings. The highest BCUT2D eigenvalue weighted by Gasteiger charge is 2.29. The lowest BCUT2D eigenvalue weighted by Gasteiger charge is -2.31. The molecule has 7 nitrogen and oxygen atoms in total. The quantitative estimate of drug-likeness (QED) is 0.257. The first-order valence-corrected chi connectivity index (χ1v) is 17.1. The van der Waals surface area contributed by atoms with Gasteiger partial charge in [0.2, 0.25) is 10.0 Å². The van der Waals surface area contributed by atoms with Gasteiger partial charge in [-0.2, -0.15) is 4.31 Å². The van der Waals surface area contributed by atoms with Crippen molar-refractivity contribution in [3.05, 3.63) is 101 Å². The van der Waals surface area contributed by atoms with Crippen molar-refractivity contribution in [3.63, 3.8) is 0 Å². The predicted molar refractivity (Wildman–Crippen MR) is 168 cm³/mol. The van der Waals surface area contributed by atoms with E-state index in [0.717, 1.165) is 80.4 Å². The zero-order valence-electron chi connectivity index (χ0n) is 23.8. The van der Waals surface area contributed by atoms with Crippen LogP contribution >= 0.6 is 11.3 Å². The van der Waals surface area contributed by atoms with Crippen molar-refractivity contribution in [2.24, 2.45) is 10.9 Å². The second-order valence-electron chi connectivity index (χ2n) is 11.0. The molecule has 0 N–H and O–H groups in total. The standard InChI is InChI=1S/C33H38N4O3S2/c38-42(39,36-17-15-28(16-18-36)25-27-7-3-1-4-8-27)31-13-11-29(12-14-31)32-26-41-33(34-30-9-5-2-6-10-30)37(32)20-19-35-21-23-40-24-22-35/h1-14,26,28H,15-25H2. The molecule has 6 rings (SSSR count). The molecule has 2 saturated heterocycles. The number of para-hydroxylation sites is 1. The third-order valence-electron chi connectivity index (χ3n) is 8.25. The van der Waals surface area contributed by atoms with Crippen LogP contribution in [0.2, 0.25) is 0 Å². The Morgan fingerprint density at radius 3 is 2.17 bits per heavy atom. The fourth-order valence-electron chi connectivity index (χ4n) is 5.79. The third kappa shape index (κ3) is 6.93. The summed E-state index contributed by atoms with van der Waals surface area (Å²) in [6.45, 7) is 6.23. The minimum atomic E-state index is -3.54. The number of hydrogen-bond donors (Lipinski definition) is 0. The molecule has 1 aromatic heterocycles. The summed E-state index contributed by atoms with van der Waals surface area (Å²) in [5, 5.41) is 2.13. The highest BCUT2D eigenvalue weighted by Crippen LogP contribution is 2.28. The van der Waals surface area contributed by atoms with Crippen LogP contribution in [0.3, 0.4) is 0 Å². The van der Waals surface area contributed by atoms with Crippen molar-refractivity contribution in [1.82, 2.24) is 13.8 Å². The van der Waals surface area contributed by atoms with E-state index in [0.29, 0.717) is 23.9 Å². The van der Waals surface area contributed by atoms with Crippen LogP contribution in [-0.2, 0) is 27.7 Å². The first kappa shape index (κ1) is 29.0. The van der Waals surface area contributed by atoms with E-state index in [2.05, 4.69) is 39.1 Å². The number of piperidine rings is 1. The Bertz CT molecular complexity index is 1600. The van der Waals surface area contributed by atoms with Crippen molar-refractivity contribution >= 4 is 27.0 Å². The number of hydrogen-bond acceptors (Lipinski definition) is 6. The number of rotatable bonds is 9. The van der Waals surface area contributed by atoms with Crippen molar-refractivity contribution < 1.29 is 13.2 Å². The molecule has 2 aliphatic rings. The van der Waals surface area contributed by atoms with E-state index in [1.807, 2.05) is 48.5 Å². The molecule has 0 unspecified atom stereocenters. The monoisotopic (exact) mass is 602 g/mol. The number of benzene rings is 3. The molecule has 4 aromatic rings. The largest absolute Gasteiger partial charge is 0.379 e. The number of nitrogens with zero attached hydrogens (tertiary/aromatic N) is 4. The summed E-state index contributed by atoms with van der Waals surface area (Å²) in [5.41, 5.74) is 4.28. The summed E-state index contributed by atoms with van der Waals surface area (Å²) in [6, 6.07) is 27.9. The fraction of sp³-hybridized carbons (Fsp3) is 0.364. The lowest BCUT2D eigenvalue weighted by atomic mass is 9.91. The van der Waals surface area contributed by atoms with Gasteiger partial charge < -0.3 is 9.30 Å². The van der Waals surface area contributed by atoms with Crippen LogP contribution in [0, 0.1) is 5.92 Å². The van der Waals surface area contributed by atoms with Crippen molar-refractivity contribution in [2.45, 2.75) is 30.7 Å². The molecule has 0 radical (unpaired) electrons. The van der Waals surface area contributed by atoms with Crippen LogP contribution in [0.25, 0.3) is 11.3 Å². The van der Waals surface area contributed by atoms with E-state index in [4.69, 9.17) is 9.73 Å². The summed E-state index contributed by atoms with van der Waals surface area (Å²) in [7, 11) is -3.54. The van der Waals surface area contributed by atoms with Gasteiger partial charge in [0.15, 0.2) is 4.80 Å². The highest BCUT2D eigenvalue weighted by molar-refractivity contribution is 7.89. The van der Waals surface area contributed by atoms with Crippen LogP contribution in [0.1, 0.15) is 18.4 Å². The molecule has 0 atom stereocenters. The van der Waals surface area contributed by atoms with Gasteiger partial charge in [0, 0.05) is 44.6 Å². The summed E-state index contributed by atoms with van der Waals surface area (Å²) in [4.78, 5) is 8.65. The van der Waals surface area contributed by atoms with E-state index >= 15 is 0 Å².